The summed E-state index contributed by atoms with van der Waals surface area (Å²) < 4.78 is 31.0. The molecule has 0 saturated heterocycles. The van der Waals surface area contributed by atoms with Gasteiger partial charge in [-0.05, 0) is 31.7 Å². The van der Waals surface area contributed by atoms with Crippen LogP contribution in [0.3, 0.4) is 0 Å². The van der Waals surface area contributed by atoms with E-state index in [-0.39, 0.29) is 11.3 Å². The van der Waals surface area contributed by atoms with Crippen molar-refractivity contribution in [2.45, 2.75) is 19.9 Å². The van der Waals surface area contributed by atoms with Gasteiger partial charge in [-0.2, -0.15) is 0 Å². The Kier molecular flexibility index (Phi) is 6.05. The highest BCUT2D eigenvalue weighted by Gasteiger charge is 2.22. The molecule has 0 N–H and O–H groups in total. The molecule has 19 heavy (non-hydrogen) atoms. The normalized spacial score (nSPS) is 12.7. The quantitative estimate of drug-likeness (QED) is 0.714. The summed E-state index contributed by atoms with van der Waals surface area (Å²) in [6, 6.07) is 2.82. The van der Waals surface area contributed by atoms with Crippen molar-refractivity contribution in [1.29, 1.82) is 0 Å². The monoisotopic (exact) mass is 271 g/mol. The summed E-state index contributed by atoms with van der Waals surface area (Å²) >= 11 is 0. The van der Waals surface area contributed by atoms with Crippen LogP contribution in [0.2, 0.25) is 0 Å². The van der Waals surface area contributed by atoms with Crippen LogP contribution >= 0.6 is 0 Å². The summed E-state index contributed by atoms with van der Waals surface area (Å²) in [6.45, 7) is 5.50. The number of carbonyl (C=O) groups excluding carboxylic acids is 1. The molecule has 1 unspecified atom stereocenters. The fourth-order valence-corrected chi connectivity index (χ4v) is 1.89. The van der Waals surface area contributed by atoms with E-state index in [1.165, 1.54) is 6.07 Å². The molecular formula is C14H19F2NO2. The number of rotatable bonds is 7. The minimum absolute atomic E-state index is 0.183. The molecule has 3 nitrogen and oxygen atoms in total. The van der Waals surface area contributed by atoms with Crippen LogP contribution in [0.5, 0.6) is 0 Å². The van der Waals surface area contributed by atoms with Crippen LogP contribution < -0.4 is 0 Å². The van der Waals surface area contributed by atoms with E-state index in [1.54, 1.807) is 14.0 Å². The predicted molar refractivity (Wildman–Crippen MR) is 69.3 cm³/mol. The second-order valence-electron chi connectivity index (χ2n) is 4.29. The van der Waals surface area contributed by atoms with E-state index in [4.69, 9.17) is 4.74 Å². The number of hydrogen-bond donors (Lipinski definition) is 0. The summed E-state index contributed by atoms with van der Waals surface area (Å²) in [5.74, 6) is -2.18. The molecular weight excluding hydrogens is 252 g/mol. The molecule has 0 aliphatic heterocycles. The van der Waals surface area contributed by atoms with E-state index in [0.29, 0.717) is 19.7 Å². The molecule has 0 fully saturated rings. The summed E-state index contributed by atoms with van der Waals surface area (Å²) in [5.41, 5.74) is 0.183. The standard InChI is InChI=1S/C14H19F2NO2/c1-4-17(7-8-19-3)10(2)14(18)11-5-6-12(15)13(16)9-11/h5-6,9-10H,4,7-8H2,1-3H3. The van der Waals surface area contributed by atoms with E-state index >= 15 is 0 Å². The van der Waals surface area contributed by atoms with Gasteiger partial charge >= 0.3 is 0 Å². The number of benzene rings is 1. The molecule has 0 aliphatic carbocycles. The van der Waals surface area contributed by atoms with Gasteiger partial charge in [0.15, 0.2) is 17.4 Å². The molecule has 0 bridgehead atoms. The van der Waals surface area contributed by atoms with Gasteiger partial charge in [-0.15, -0.1) is 0 Å². The molecule has 1 atom stereocenters. The zero-order valence-electron chi connectivity index (χ0n) is 11.5. The number of halogens is 2. The number of methoxy groups -OCH3 is 1. The van der Waals surface area contributed by atoms with Crippen LogP contribution in [0.15, 0.2) is 18.2 Å². The molecule has 0 aliphatic rings. The van der Waals surface area contributed by atoms with Crippen molar-refractivity contribution in [2.24, 2.45) is 0 Å². The Morgan fingerprint density at radius 2 is 2.05 bits per heavy atom. The summed E-state index contributed by atoms with van der Waals surface area (Å²) in [7, 11) is 1.59. The number of likely N-dealkylation sites (N-methyl/N-ethyl adjacent to an activating group) is 1. The van der Waals surface area contributed by atoms with E-state index in [2.05, 4.69) is 0 Å². The van der Waals surface area contributed by atoms with Gasteiger partial charge in [0.1, 0.15) is 0 Å². The molecule has 0 heterocycles. The van der Waals surface area contributed by atoms with Crippen LogP contribution in [0, 0.1) is 11.6 Å². The molecule has 106 valence electrons. The predicted octanol–water partition coefficient (Wildman–Crippen LogP) is 2.50. The zero-order chi connectivity index (χ0) is 14.4. The highest BCUT2D eigenvalue weighted by Crippen LogP contribution is 2.13. The summed E-state index contributed by atoms with van der Waals surface area (Å²) in [6.07, 6.45) is 0. The minimum Gasteiger partial charge on any atom is -0.383 e. The Bertz CT molecular complexity index is 437. The van der Waals surface area contributed by atoms with Crippen molar-refractivity contribution >= 4 is 5.78 Å². The maximum Gasteiger partial charge on any atom is 0.179 e. The zero-order valence-corrected chi connectivity index (χ0v) is 11.5. The highest BCUT2D eigenvalue weighted by molar-refractivity contribution is 5.99. The average molecular weight is 271 g/mol. The van der Waals surface area contributed by atoms with Gasteiger partial charge in [0.25, 0.3) is 0 Å². The fraction of sp³-hybridized carbons (Fsp3) is 0.500. The number of ketones is 1. The number of carbonyl (C=O) groups is 1. The molecule has 0 saturated carbocycles. The second-order valence-corrected chi connectivity index (χ2v) is 4.29. The summed E-state index contributed by atoms with van der Waals surface area (Å²) in [5, 5.41) is 0. The maximum absolute atomic E-state index is 13.1. The number of nitrogens with zero attached hydrogens (tertiary/aromatic N) is 1. The van der Waals surface area contributed by atoms with E-state index in [0.717, 1.165) is 12.1 Å². The fourth-order valence-electron chi connectivity index (χ4n) is 1.89. The second kappa shape index (κ2) is 7.31. The Hall–Kier alpha value is -1.33. The Morgan fingerprint density at radius 3 is 2.58 bits per heavy atom. The van der Waals surface area contributed by atoms with Crippen molar-refractivity contribution in [3.05, 3.63) is 35.4 Å². The lowest BCUT2D eigenvalue weighted by Crippen LogP contribution is -2.40. The highest BCUT2D eigenvalue weighted by atomic mass is 19.2. The van der Waals surface area contributed by atoms with E-state index in [1.807, 2.05) is 11.8 Å². The van der Waals surface area contributed by atoms with Crippen molar-refractivity contribution in [3.8, 4) is 0 Å². The minimum atomic E-state index is -1.00. The van der Waals surface area contributed by atoms with Gasteiger partial charge in [0.05, 0.1) is 12.6 Å². The van der Waals surface area contributed by atoms with E-state index in [9.17, 15) is 13.6 Å². The SMILES string of the molecule is CCN(CCOC)C(C)C(=O)c1ccc(F)c(F)c1. The number of Topliss-reactive ketones (excluding diaryl/α,β-unsaturated/α-hetero) is 1. The third-order valence-corrected chi connectivity index (χ3v) is 3.12. The average Bonchev–Trinajstić information content (AvgIpc) is 2.41. The lowest BCUT2D eigenvalue weighted by molar-refractivity contribution is 0.0787. The van der Waals surface area contributed by atoms with Gasteiger partial charge in [-0.1, -0.05) is 6.92 Å². The topological polar surface area (TPSA) is 29.5 Å². The van der Waals surface area contributed by atoms with Crippen molar-refractivity contribution in [2.75, 3.05) is 26.8 Å². The first-order chi connectivity index (χ1) is 9.01. The first kappa shape index (κ1) is 15.7. The molecule has 0 radical (unpaired) electrons. The summed E-state index contributed by atoms with van der Waals surface area (Å²) in [4.78, 5) is 14.1. The largest absolute Gasteiger partial charge is 0.383 e. The Morgan fingerprint density at radius 1 is 1.37 bits per heavy atom. The van der Waals surface area contributed by atoms with Crippen LogP contribution in [0.25, 0.3) is 0 Å². The van der Waals surface area contributed by atoms with Gasteiger partial charge in [-0.3, -0.25) is 9.69 Å². The maximum atomic E-state index is 13.1. The molecule has 5 heteroatoms. The molecule has 0 spiro atoms. The Balaban J connectivity index is 2.82. The van der Waals surface area contributed by atoms with Crippen molar-refractivity contribution < 1.29 is 18.3 Å². The smallest absolute Gasteiger partial charge is 0.179 e. The lowest BCUT2D eigenvalue weighted by atomic mass is 10.0. The van der Waals surface area contributed by atoms with Crippen molar-refractivity contribution in [1.82, 2.24) is 4.90 Å². The molecule has 1 aromatic rings. The first-order valence-electron chi connectivity index (χ1n) is 6.23. The number of hydrogen-bond acceptors (Lipinski definition) is 3. The van der Waals surface area contributed by atoms with Crippen LogP contribution in [0.1, 0.15) is 24.2 Å². The molecule has 1 rings (SSSR count). The van der Waals surface area contributed by atoms with E-state index < -0.39 is 17.7 Å². The van der Waals surface area contributed by atoms with Crippen molar-refractivity contribution in [3.63, 3.8) is 0 Å². The first-order valence-corrected chi connectivity index (χ1v) is 6.23. The van der Waals surface area contributed by atoms with Gasteiger partial charge in [0.2, 0.25) is 0 Å². The Labute approximate surface area is 112 Å². The molecule has 0 aromatic heterocycles. The number of ether oxygens (including phenoxy) is 1. The molecule has 1 aromatic carbocycles. The third-order valence-electron chi connectivity index (χ3n) is 3.12. The van der Waals surface area contributed by atoms with Gasteiger partial charge in [0, 0.05) is 19.2 Å². The van der Waals surface area contributed by atoms with Crippen LogP contribution in [-0.4, -0.2) is 43.5 Å². The van der Waals surface area contributed by atoms with Crippen LogP contribution in [0.4, 0.5) is 8.78 Å². The van der Waals surface area contributed by atoms with Crippen LogP contribution in [-0.2, 0) is 4.74 Å². The van der Waals surface area contributed by atoms with Gasteiger partial charge in [-0.25, -0.2) is 8.78 Å². The lowest BCUT2D eigenvalue weighted by Gasteiger charge is -2.26. The third kappa shape index (κ3) is 4.08. The van der Waals surface area contributed by atoms with Gasteiger partial charge < -0.3 is 4.74 Å². The molecule has 0 amide bonds.